The van der Waals surface area contributed by atoms with Gasteiger partial charge in [0.1, 0.15) is 0 Å². The van der Waals surface area contributed by atoms with E-state index in [0.29, 0.717) is 26.2 Å². The van der Waals surface area contributed by atoms with Gasteiger partial charge in [-0.05, 0) is 37.1 Å². The minimum Gasteiger partial charge on any atom is -0.378 e. The largest absolute Gasteiger partial charge is 0.378 e. The molecule has 31 heavy (non-hydrogen) atoms. The summed E-state index contributed by atoms with van der Waals surface area (Å²) < 4.78 is 7.31. The molecule has 5 rings (SSSR count). The van der Waals surface area contributed by atoms with Crippen LogP contribution in [-0.2, 0) is 16.1 Å². The zero-order chi connectivity index (χ0) is 21.4. The zero-order valence-electron chi connectivity index (χ0n) is 17.8. The van der Waals surface area contributed by atoms with Crippen LogP contribution in [-0.4, -0.2) is 36.8 Å². The van der Waals surface area contributed by atoms with Gasteiger partial charge in [0.05, 0.1) is 30.5 Å². The molecule has 2 saturated heterocycles. The van der Waals surface area contributed by atoms with E-state index in [1.165, 1.54) is 0 Å². The smallest absolute Gasteiger partial charge is 0.253 e. The maximum Gasteiger partial charge on any atom is 0.253 e. The van der Waals surface area contributed by atoms with E-state index in [1.54, 1.807) is 10.6 Å². The number of carbonyl (C=O) groups is 1. The molecule has 2 aromatic carbocycles. The van der Waals surface area contributed by atoms with Gasteiger partial charge in [0, 0.05) is 43.2 Å². The number of fused-ring (bicyclic) bond motifs is 1. The summed E-state index contributed by atoms with van der Waals surface area (Å²) in [5, 5.41) is 1.01. The molecule has 3 aromatic rings. The first kappa shape index (κ1) is 19.8. The second-order valence-corrected chi connectivity index (χ2v) is 8.14. The number of anilines is 2. The molecule has 3 heterocycles. The highest BCUT2D eigenvalue weighted by Crippen LogP contribution is 2.39. The molecule has 6 heteroatoms. The van der Waals surface area contributed by atoms with Crippen molar-refractivity contribution in [2.75, 3.05) is 36.1 Å². The van der Waals surface area contributed by atoms with Gasteiger partial charge >= 0.3 is 0 Å². The number of hydrogen-bond donors (Lipinski definition) is 0. The number of amides is 1. The number of hydrogen-bond acceptors (Lipinski definition) is 4. The summed E-state index contributed by atoms with van der Waals surface area (Å²) in [5.74, 6) is 0.143. The Kier molecular flexibility index (Phi) is 5.24. The number of rotatable bonds is 4. The third-order valence-electron chi connectivity index (χ3n) is 6.42. The summed E-state index contributed by atoms with van der Waals surface area (Å²) >= 11 is 0. The van der Waals surface area contributed by atoms with Crippen molar-refractivity contribution in [3.8, 4) is 0 Å². The van der Waals surface area contributed by atoms with E-state index in [4.69, 9.17) is 4.74 Å². The number of nitrogens with zero attached hydrogens (tertiary/aromatic N) is 3. The van der Waals surface area contributed by atoms with Gasteiger partial charge in [0.2, 0.25) is 5.91 Å². The van der Waals surface area contributed by atoms with Crippen molar-refractivity contribution < 1.29 is 9.53 Å². The molecule has 0 spiro atoms. The van der Waals surface area contributed by atoms with Crippen LogP contribution < -0.4 is 15.4 Å². The highest BCUT2D eigenvalue weighted by molar-refractivity contribution is 6.01. The average molecular weight is 418 g/mol. The minimum absolute atomic E-state index is 0.00338. The Morgan fingerprint density at radius 1 is 1.00 bits per heavy atom. The molecule has 0 saturated carbocycles. The maximum absolute atomic E-state index is 12.9. The lowest BCUT2D eigenvalue weighted by Gasteiger charge is -2.31. The number of morpholine rings is 1. The molecule has 2 aliphatic heterocycles. The fraction of sp³-hybridized carbons (Fsp3) is 0.360. The molecule has 0 unspecified atom stereocenters. The van der Waals surface area contributed by atoms with Crippen molar-refractivity contribution in [2.45, 2.75) is 32.4 Å². The number of benzene rings is 2. The zero-order valence-corrected chi connectivity index (χ0v) is 17.8. The average Bonchev–Trinajstić information content (AvgIpc) is 3.21. The van der Waals surface area contributed by atoms with Gasteiger partial charge in [0.25, 0.3) is 5.56 Å². The van der Waals surface area contributed by atoms with Crippen LogP contribution >= 0.6 is 0 Å². The fourth-order valence-electron chi connectivity index (χ4n) is 4.90. The third-order valence-corrected chi connectivity index (χ3v) is 6.42. The van der Waals surface area contributed by atoms with Crippen LogP contribution in [0.1, 0.15) is 31.4 Å². The Balaban J connectivity index is 1.65. The van der Waals surface area contributed by atoms with Gasteiger partial charge in [-0.1, -0.05) is 30.3 Å². The van der Waals surface area contributed by atoms with Crippen LogP contribution in [0, 0.1) is 0 Å². The minimum atomic E-state index is 0.00338. The Morgan fingerprint density at radius 3 is 2.52 bits per heavy atom. The summed E-state index contributed by atoms with van der Waals surface area (Å²) in [5.41, 5.74) is 3.88. The van der Waals surface area contributed by atoms with E-state index in [-0.39, 0.29) is 17.5 Å². The van der Waals surface area contributed by atoms with Crippen molar-refractivity contribution in [2.24, 2.45) is 0 Å². The van der Waals surface area contributed by atoms with E-state index < -0.39 is 0 Å². The van der Waals surface area contributed by atoms with Crippen LogP contribution in [0.5, 0.6) is 0 Å². The van der Waals surface area contributed by atoms with Crippen LogP contribution in [0.15, 0.2) is 59.4 Å². The van der Waals surface area contributed by atoms with Gasteiger partial charge < -0.3 is 19.1 Å². The van der Waals surface area contributed by atoms with Crippen LogP contribution in [0.25, 0.3) is 10.9 Å². The van der Waals surface area contributed by atoms with Gasteiger partial charge in [0.15, 0.2) is 0 Å². The molecule has 1 atom stereocenters. The lowest BCUT2D eigenvalue weighted by Crippen LogP contribution is -2.37. The summed E-state index contributed by atoms with van der Waals surface area (Å²) in [7, 11) is 0. The normalized spacial score (nSPS) is 19.4. The molecule has 6 nitrogen and oxygen atoms in total. The topological polar surface area (TPSA) is 54.8 Å². The molecule has 160 valence electrons. The first-order chi connectivity index (χ1) is 15.2. The lowest BCUT2D eigenvalue weighted by atomic mass is 10.0. The Labute approximate surface area is 181 Å². The molecular weight excluding hydrogens is 390 g/mol. The first-order valence-electron chi connectivity index (χ1n) is 11.0. The summed E-state index contributed by atoms with van der Waals surface area (Å²) in [6.07, 6.45) is 1.36. The monoisotopic (exact) mass is 417 g/mol. The van der Waals surface area contributed by atoms with Crippen LogP contribution in [0.4, 0.5) is 11.4 Å². The van der Waals surface area contributed by atoms with Crippen molar-refractivity contribution >= 4 is 28.2 Å². The Bertz CT molecular complexity index is 1170. The standard InChI is InChI=1S/C25H27N3O3/c1-2-27-22-9-8-19(28-21(10-11-24(28)29)18-6-4-3-5-7-18)16-20(22)23(17-25(27)30)26-12-14-31-15-13-26/h3-9,16-17,21H,2,10-15H2,1H3/t21-/m0/s1. The third kappa shape index (κ3) is 3.51. The summed E-state index contributed by atoms with van der Waals surface area (Å²) in [4.78, 5) is 29.9. The van der Waals surface area contributed by atoms with Gasteiger partial charge in [-0.25, -0.2) is 0 Å². The number of pyridine rings is 1. The Morgan fingerprint density at radius 2 is 1.77 bits per heavy atom. The molecule has 0 bridgehead atoms. The molecule has 1 aromatic heterocycles. The number of carbonyl (C=O) groups excluding carboxylic acids is 1. The second-order valence-electron chi connectivity index (χ2n) is 8.14. The van der Waals surface area contributed by atoms with Crippen LogP contribution in [0.3, 0.4) is 0 Å². The van der Waals surface area contributed by atoms with Gasteiger partial charge in [-0.15, -0.1) is 0 Å². The molecule has 0 radical (unpaired) electrons. The van der Waals surface area contributed by atoms with Gasteiger partial charge in [-0.3, -0.25) is 9.59 Å². The molecule has 2 fully saturated rings. The van der Waals surface area contributed by atoms with E-state index >= 15 is 0 Å². The predicted molar refractivity (Wildman–Crippen MR) is 123 cm³/mol. The SMILES string of the molecule is CCn1c(=O)cc(N2CCOCC2)c2cc(N3C(=O)CC[C@H]3c3ccccc3)ccc21. The van der Waals surface area contributed by atoms with Crippen molar-refractivity contribution in [1.82, 2.24) is 4.57 Å². The van der Waals surface area contributed by atoms with Crippen LogP contribution in [0.2, 0.25) is 0 Å². The fourth-order valence-corrected chi connectivity index (χ4v) is 4.90. The second kappa shape index (κ2) is 8.19. The predicted octanol–water partition coefficient (Wildman–Crippen LogP) is 3.73. The quantitative estimate of drug-likeness (QED) is 0.649. The molecule has 0 aliphatic carbocycles. The molecule has 1 amide bonds. The molecule has 2 aliphatic rings. The summed E-state index contributed by atoms with van der Waals surface area (Å²) in [6, 6.07) is 18.1. The maximum atomic E-state index is 12.9. The number of ether oxygens (including phenoxy) is 1. The van der Waals surface area contributed by atoms with Gasteiger partial charge in [-0.2, -0.15) is 0 Å². The van der Waals surface area contributed by atoms with E-state index in [2.05, 4.69) is 23.1 Å². The molecule has 0 N–H and O–H groups in total. The van der Waals surface area contributed by atoms with Crippen molar-refractivity contribution in [3.05, 3.63) is 70.5 Å². The Hall–Kier alpha value is -3.12. The highest BCUT2D eigenvalue weighted by Gasteiger charge is 2.33. The first-order valence-corrected chi connectivity index (χ1v) is 11.0. The van der Waals surface area contributed by atoms with E-state index in [9.17, 15) is 9.59 Å². The van der Waals surface area contributed by atoms with Crippen molar-refractivity contribution in [1.29, 1.82) is 0 Å². The summed E-state index contributed by atoms with van der Waals surface area (Å²) in [6.45, 7) is 5.40. The molecular formula is C25H27N3O3. The van der Waals surface area contributed by atoms with E-state index in [1.807, 2.05) is 42.2 Å². The lowest BCUT2D eigenvalue weighted by molar-refractivity contribution is -0.117. The number of aromatic nitrogens is 1. The van der Waals surface area contributed by atoms with Crippen molar-refractivity contribution in [3.63, 3.8) is 0 Å². The number of aryl methyl sites for hydroxylation is 1. The highest BCUT2D eigenvalue weighted by atomic mass is 16.5. The van der Waals surface area contributed by atoms with E-state index in [0.717, 1.165) is 47.4 Å².